The van der Waals surface area contributed by atoms with Crippen LogP contribution in [0.4, 0.5) is 11.5 Å². The van der Waals surface area contributed by atoms with Gasteiger partial charge in [0.05, 0.1) is 23.8 Å². The lowest BCUT2D eigenvalue weighted by molar-refractivity contribution is 1.01. The third-order valence-electron chi connectivity index (χ3n) is 1.93. The molecule has 0 bridgehead atoms. The predicted octanol–water partition coefficient (Wildman–Crippen LogP) is 1.63. The Hall–Kier alpha value is -2.04. The van der Waals surface area contributed by atoms with Crippen LogP contribution in [0.15, 0.2) is 24.8 Å². The summed E-state index contributed by atoms with van der Waals surface area (Å²) >= 11 is 0. The van der Waals surface area contributed by atoms with Gasteiger partial charge in [-0.25, -0.2) is 15.0 Å². The summed E-state index contributed by atoms with van der Waals surface area (Å²) in [4.78, 5) is 16.4. The second kappa shape index (κ2) is 4.00. The number of nitrogens with zero attached hydrogens (tertiary/aromatic N) is 4. The molecule has 0 saturated carbocycles. The molecule has 0 unspecified atom stereocenters. The van der Waals surface area contributed by atoms with Crippen LogP contribution in [0.1, 0.15) is 11.5 Å². The van der Waals surface area contributed by atoms with Crippen molar-refractivity contribution in [2.45, 2.75) is 13.8 Å². The van der Waals surface area contributed by atoms with Crippen LogP contribution < -0.4 is 5.32 Å². The van der Waals surface area contributed by atoms with E-state index in [1.165, 1.54) is 0 Å². The molecule has 0 aliphatic heterocycles. The molecule has 5 nitrogen and oxygen atoms in total. The number of aromatic nitrogens is 4. The molecular formula is C10H11N5. The molecule has 0 spiro atoms. The van der Waals surface area contributed by atoms with Gasteiger partial charge in [0.25, 0.3) is 0 Å². The monoisotopic (exact) mass is 201 g/mol. The third-order valence-corrected chi connectivity index (χ3v) is 1.93. The summed E-state index contributed by atoms with van der Waals surface area (Å²) in [5.74, 6) is 1.45. The van der Waals surface area contributed by atoms with Crippen molar-refractivity contribution in [3.05, 3.63) is 36.3 Å². The lowest BCUT2D eigenvalue weighted by Gasteiger charge is -2.06. The summed E-state index contributed by atoms with van der Waals surface area (Å²) in [5, 5.41) is 3.10. The second-order valence-corrected chi connectivity index (χ2v) is 3.13. The average molecular weight is 201 g/mol. The maximum Gasteiger partial charge on any atom is 0.148 e. The average Bonchev–Trinajstić information content (AvgIpc) is 2.24. The van der Waals surface area contributed by atoms with E-state index >= 15 is 0 Å². The van der Waals surface area contributed by atoms with E-state index < -0.39 is 0 Å². The van der Waals surface area contributed by atoms with E-state index in [0.29, 0.717) is 5.82 Å². The number of hydrogen-bond acceptors (Lipinski definition) is 5. The smallest absolute Gasteiger partial charge is 0.148 e. The molecule has 1 N–H and O–H groups in total. The molecule has 0 aliphatic carbocycles. The van der Waals surface area contributed by atoms with E-state index in [4.69, 9.17) is 0 Å². The van der Waals surface area contributed by atoms with Crippen LogP contribution in [0.3, 0.4) is 0 Å². The van der Waals surface area contributed by atoms with Gasteiger partial charge in [0.15, 0.2) is 0 Å². The highest BCUT2D eigenvalue weighted by Gasteiger charge is 2.01. The lowest BCUT2D eigenvalue weighted by Crippen LogP contribution is -2.00. The third kappa shape index (κ3) is 2.25. The zero-order chi connectivity index (χ0) is 10.7. The Morgan fingerprint density at radius 1 is 1.07 bits per heavy atom. The highest BCUT2D eigenvalue weighted by molar-refractivity contribution is 5.56. The van der Waals surface area contributed by atoms with Gasteiger partial charge >= 0.3 is 0 Å². The zero-order valence-corrected chi connectivity index (χ0v) is 8.60. The van der Waals surface area contributed by atoms with Crippen molar-refractivity contribution < 1.29 is 0 Å². The minimum absolute atomic E-state index is 0.688. The van der Waals surface area contributed by atoms with Gasteiger partial charge in [-0.1, -0.05) is 0 Å². The quantitative estimate of drug-likeness (QED) is 0.800. The molecule has 0 fully saturated rings. The highest BCUT2D eigenvalue weighted by Crippen LogP contribution is 2.14. The van der Waals surface area contributed by atoms with Crippen molar-refractivity contribution in [3.63, 3.8) is 0 Å². The van der Waals surface area contributed by atoms with Crippen molar-refractivity contribution >= 4 is 11.5 Å². The lowest BCUT2D eigenvalue weighted by atomic mass is 10.3. The molecule has 0 atom stereocenters. The zero-order valence-electron chi connectivity index (χ0n) is 8.60. The van der Waals surface area contributed by atoms with Crippen LogP contribution in [-0.2, 0) is 0 Å². The summed E-state index contributed by atoms with van der Waals surface area (Å²) in [7, 11) is 0. The molecule has 0 saturated heterocycles. The molecule has 5 heteroatoms. The SMILES string of the molecule is Cc1ncc(Nc2cnccn2)c(C)n1. The fourth-order valence-electron chi connectivity index (χ4n) is 1.21. The Morgan fingerprint density at radius 3 is 2.60 bits per heavy atom. The molecule has 76 valence electrons. The Labute approximate surface area is 87.6 Å². The summed E-state index contributed by atoms with van der Waals surface area (Å²) in [6.45, 7) is 3.78. The van der Waals surface area contributed by atoms with Gasteiger partial charge < -0.3 is 5.32 Å². The Balaban J connectivity index is 2.25. The van der Waals surface area contributed by atoms with Crippen molar-refractivity contribution in [2.75, 3.05) is 5.32 Å². The van der Waals surface area contributed by atoms with Crippen LogP contribution in [-0.4, -0.2) is 19.9 Å². The van der Waals surface area contributed by atoms with Gasteiger partial charge in [-0.3, -0.25) is 4.98 Å². The molecule has 2 aromatic heterocycles. The molecule has 0 radical (unpaired) electrons. The molecule has 2 rings (SSSR count). The van der Waals surface area contributed by atoms with Crippen molar-refractivity contribution in [1.82, 2.24) is 19.9 Å². The predicted molar refractivity (Wildman–Crippen MR) is 56.8 cm³/mol. The van der Waals surface area contributed by atoms with Gasteiger partial charge in [0.2, 0.25) is 0 Å². The Morgan fingerprint density at radius 2 is 1.93 bits per heavy atom. The van der Waals surface area contributed by atoms with E-state index in [9.17, 15) is 0 Å². The van der Waals surface area contributed by atoms with Gasteiger partial charge in [0.1, 0.15) is 11.6 Å². The number of anilines is 2. The topological polar surface area (TPSA) is 63.6 Å². The van der Waals surface area contributed by atoms with Crippen LogP contribution in [0.25, 0.3) is 0 Å². The molecular weight excluding hydrogens is 190 g/mol. The number of aryl methyl sites for hydroxylation is 2. The minimum Gasteiger partial charge on any atom is -0.336 e. The molecule has 15 heavy (non-hydrogen) atoms. The van der Waals surface area contributed by atoms with Gasteiger partial charge in [-0.05, 0) is 13.8 Å². The van der Waals surface area contributed by atoms with Crippen molar-refractivity contribution in [1.29, 1.82) is 0 Å². The molecule has 0 amide bonds. The normalized spacial score (nSPS) is 10.0. The van der Waals surface area contributed by atoms with E-state index in [-0.39, 0.29) is 0 Å². The van der Waals surface area contributed by atoms with Gasteiger partial charge in [0, 0.05) is 12.4 Å². The fourth-order valence-corrected chi connectivity index (χ4v) is 1.21. The maximum absolute atomic E-state index is 4.25. The van der Waals surface area contributed by atoms with E-state index in [1.54, 1.807) is 24.8 Å². The summed E-state index contributed by atoms with van der Waals surface area (Å²) < 4.78 is 0. The Kier molecular flexibility index (Phi) is 2.53. The number of nitrogens with one attached hydrogen (secondary N) is 1. The first-order chi connectivity index (χ1) is 7.25. The van der Waals surface area contributed by atoms with Crippen molar-refractivity contribution in [2.24, 2.45) is 0 Å². The van der Waals surface area contributed by atoms with E-state index in [1.807, 2.05) is 13.8 Å². The Bertz CT molecular complexity index is 455. The first kappa shape index (κ1) is 9.51. The van der Waals surface area contributed by atoms with Gasteiger partial charge in [-0.2, -0.15) is 0 Å². The summed E-state index contributed by atoms with van der Waals surface area (Å²) in [5.41, 5.74) is 1.74. The summed E-state index contributed by atoms with van der Waals surface area (Å²) in [6.07, 6.45) is 6.65. The molecule has 0 aromatic carbocycles. The maximum atomic E-state index is 4.25. The van der Waals surface area contributed by atoms with Gasteiger partial charge in [-0.15, -0.1) is 0 Å². The van der Waals surface area contributed by atoms with Crippen LogP contribution in [0.2, 0.25) is 0 Å². The number of rotatable bonds is 2. The number of hydrogen-bond donors (Lipinski definition) is 1. The van der Waals surface area contributed by atoms with E-state index in [0.717, 1.165) is 17.2 Å². The van der Waals surface area contributed by atoms with Crippen LogP contribution >= 0.6 is 0 Å². The first-order valence-corrected chi connectivity index (χ1v) is 4.59. The van der Waals surface area contributed by atoms with E-state index in [2.05, 4.69) is 25.3 Å². The molecule has 2 heterocycles. The first-order valence-electron chi connectivity index (χ1n) is 4.59. The van der Waals surface area contributed by atoms with Crippen LogP contribution in [0.5, 0.6) is 0 Å². The van der Waals surface area contributed by atoms with Crippen LogP contribution in [0, 0.1) is 13.8 Å². The molecule has 0 aliphatic rings. The largest absolute Gasteiger partial charge is 0.336 e. The fraction of sp³-hybridized carbons (Fsp3) is 0.200. The molecule has 2 aromatic rings. The van der Waals surface area contributed by atoms with Crippen molar-refractivity contribution in [3.8, 4) is 0 Å². The summed E-state index contributed by atoms with van der Waals surface area (Å²) in [6, 6.07) is 0. The second-order valence-electron chi connectivity index (χ2n) is 3.13. The highest BCUT2D eigenvalue weighted by atomic mass is 15.0. The minimum atomic E-state index is 0.688. The standard InChI is InChI=1S/C10H11N5/c1-7-9(5-13-8(2)14-7)15-10-6-11-3-4-12-10/h3-6H,1-2H3,(H,12,15).